The minimum atomic E-state index is 0.414. The Kier molecular flexibility index (Phi) is 3.96. The zero-order valence-corrected chi connectivity index (χ0v) is 10.9. The SMILES string of the molecule is C/C(CN1CC(C)(C)CC1C)=C(/Cl)C=N. The van der Waals surface area contributed by atoms with Crippen molar-refractivity contribution >= 4 is 17.8 Å². The van der Waals surface area contributed by atoms with Crippen LogP contribution in [0.3, 0.4) is 0 Å². The molecular weight excluding hydrogens is 208 g/mol. The van der Waals surface area contributed by atoms with Gasteiger partial charge in [0.25, 0.3) is 0 Å². The predicted octanol–water partition coefficient (Wildman–Crippen LogP) is 3.27. The van der Waals surface area contributed by atoms with Crippen LogP contribution < -0.4 is 0 Å². The third kappa shape index (κ3) is 3.32. The van der Waals surface area contributed by atoms with Gasteiger partial charge in [0.15, 0.2) is 0 Å². The molecule has 0 aliphatic carbocycles. The molecule has 1 atom stereocenters. The Morgan fingerprint density at radius 1 is 1.60 bits per heavy atom. The van der Waals surface area contributed by atoms with Gasteiger partial charge in [-0.2, -0.15) is 0 Å². The van der Waals surface area contributed by atoms with Crippen molar-refractivity contribution in [1.29, 1.82) is 5.41 Å². The molecule has 1 saturated heterocycles. The van der Waals surface area contributed by atoms with E-state index in [1.165, 1.54) is 12.6 Å². The lowest BCUT2D eigenvalue weighted by atomic mass is 9.91. The Morgan fingerprint density at radius 3 is 2.60 bits per heavy atom. The van der Waals surface area contributed by atoms with Gasteiger partial charge < -0.3 is 5.41 Å². The molecule has 0 aromatic carbocycles. The second-order valence-corrected chi connectivity index (χ2v) is 5.80. The molecule has 1 aliphatic rings. The monoisotopic (exact) mass is 228 g/mol. The first kappa shape index (κ1) is 12.7. The van der Waals surface area contributed by atoms with E-state index >= 15 is 0 Å². The lowest BCUT2D eigenvalue weighted by molar-refractivity contribution is 0.273. The predicted molar refractivity (Wildman–Crippen MR) is 66.8 cm³/mol. The molecule has 0 amide bonds. The molecule has 0 bridgehead atoms. The molecule has 3 heteroatoms. The van der Waals surface area contributed by atoms with E-state index in [0.717, 1.165) is 18.7 Å². The standard InChI is InChI=1S/C12H21ClN2/c1-9(11(13)6-14)7-15-8-12(3,4)5-10(15)2/h6,10,14H,5,7-8H2,1-4H3/b11-9-,14-6?. The third-order valence-electron chi connectivity index (χ3n) is 3.08. The lowest BCUT2D eigenvalue weighted by Gasteiger charge is -2.22. The summed E-state index contributed by atoms with van der Waals surface area (Å²) >= 11 is 5.92. The summed E-state index contributed by atoms with van der Waals surface area (Å²) in [5, 5.41) is 7.68. The number of rotatable bonds is 3. The molecular formula is C12H21ClN2. The number of nitrogens with one attached hydrogen (secondary N) is 1. The van der Waals surface area contributed by atoms with Gasteiger partial charge in [0.2, 0.25) is 0 Å². The van der Waals surface area contributed by atoms with Gasteiger partial charge in [-0.1, -0.05) is 25.4 Å². The maximum atomic E-state index is 7.11. The Labute approximate surface area is 97.8 Å². The highest BCUT2D eigenvalue weighted by Gasteiger charge is 2.34. The largest absolute Gasteiger partial charge is 0.307 e. The molecule has 2 nitrogen and oxygen atoms in total. The Bertz CT molecular complexity index is 281. The average molecular weight is 229 g/mol. The number of hydrogen-bond acceptors (Lipinski definition) is 2. The van der Waals surface area contributed by atoms with Crippen molar-refractivity contribution in [3.05, 3.63) is 10.6 Å². The van der Waals surface area contributed by atoms with Crippen molar-refractivity contribution in [2.24, 2.45) is 5.41 Å². The molecule has 1 aliphatic heterocycles. The molecule has 1 unspecified atom stereocenters. The van der Waals surface area contributed by atoms with E-state index in [0.29, 0.717) is 16.5 Å². The van der Waals surface area contributed by atoms with E-state index in [1.807, 2.05) is 6.92 Å². The number of likely N-dealkylation sites (tertiary alicyclic amines) is 1. The van der Waals surface area contributed by atoms with E-state index in [9.17, 15) is 0 Å². The molecule has 86 valence electrons. The van der Waals surface area contributed by atoms with Crippen LogP contribution in [0, 0.1) is 10.8 Å². The lowest BCUT2D eigenvalue weighted by Crippen LogP contribution is -2.30. The van der Waals surface area contributed by atoms with Gasteiger partial charge in [0.05, 0.1) is 5.03 Å². The number of halogens is 1. The smallest absolute Gasteiger partial charge is 0.0583 e. The Balaban J connectivity index is 2.65. The summed E-state index contributed by atoms with van der Waals surface area (Å²) in [4.78, 5) is 2.45. The van der Waals surface area contributed by atoms with E-state index in [4.69, 9.17) is 17.0 Å². The second-order valence-electron chi connectivity index (χ2n) is 5.39. The van der Waals surface area contributed by atoms with Crippen LogP contribution in [0.15, 0.2) is 10.6 Å². The van der Waals surface area contributed by atoms with Crippen LogP contribution in [0.4, 0.5) is 0 Å². The quantitative estimate of drug-likeness (QED) is 0.738. The van der Waals surface area contributed by atoms with Crippen LogP contribution in [-0.4, -0.2) is 30.2 Å². The molecule has 15 heavy (non-hydrogen) atoms. The summed E-state index contributed by atoms with van der Waals surface area (Å²) in [7, 11) is 0. The van der Waals surface area contributed by atoms with E-state index < -0.39 is 0 Å². The third-order valence-corrected chi connectivity index (χ3v) is 3.51. The summed E-state index contributed by atoms with van der Waals surface area (Å²) < 4.78 is 0. The molecule has 0 radical (unpaired) electrons. The Hall–Kier alpha value is -0.340. The van der Waals surface area contributed by atoms with Crippen molar-refractivity contribution in [1.82, 2.24) is 4.90 Å². The fraction of sp³-hybridized carbons (Fsp3) is 0.750. The van der Waals surface area contributed by atoms with Crippen molar-refractivity contribution in [2.45, 2.75) is 40.2 Å². The van der Waals surface area contributed by atoms with Crippen molar-refractivity contribution < 1.29 is 0 Å². The van der Waals surface area contributed by atoms with Gasteiger partial charge in [0, 0.05) is 25.3 Å². The van der Waals surface area contributed by atoms with E-state index in [1.54, 1.807) is 0 Å². The summed E-state index contributed by atoms with van der Waals surface area (Å²) in [5.74, 6) is 0. The first-order chi connectivity index (χ1) is 6.85. The highest BCUT2D eigenvalue weighted by atomic mass is 35.5. The van der Waals surface area contributed by atoms with E-state index in [2.05, 4.69) is 25.7 Å². The minimum Gasteiger partial charge on any atom is -0.307 e. The van der Waals surface area contributed by atoms with Crippen LogP contribution in [0.5, 0.6) is 0 Å². The highest BCUT2D eigenvalue weighted by Crippen LogP contribution is 2.34. The second kappa shape index (κ2) is 4.67. The first-order valence-corrected chi connectivity index (χ1v) is 5.83. The normalized spacial score (nSPS) is 27.7. The van der Waals surface area contributed by atoms with Gasteiger partial charge in [-0.3, -0.25) is 4.90 Å². The molecule has 1 N–H and O–H groups in total. The van der Waals surface area contributed by atoms with Crippen molar-refractivity contribution in [3.8, 4) is 0 Å². The molecule has 1 fully saturated rings. The summed E-state index contributed by atoms with van der Waals surface area (Å²) in [5.41, 5.74) is 1.51. The number of nitrogens with zero attached hydrogens (tertiary/aromatic N) is 1. The minimum absolute atomic E-state index is 0.414. The van der Waals surface area contributed by atoms with Gasteiger partial charge in [-0.15, -0.1) is 0 Å². The van der Waals surface area contributed by atoms with Gasteiger partial charge >= 0.3 is 0 Å². The number of hydrogen-bond donors (Lipinski definition) is 1. The van der Waals surface area contributed by atoms with Gasteiger partial charge in [-0.25, -0.2) is 0 Å². The van der Waals surface area contributed by atoms with E-state index in [-0.39, 0.29) is 0 Å². The number of allylic oxidation sites excluding steroid dienone is 1. The molecule has 0 aromatic rings. The highest BCUT2D eigenvalue weighted by molar-refractivity contribution is 6.39. The van der Waals surface area contributed by atoms with Crippen LogP contribution in [0.25, 0.3) is 0 Å². The van der Waals surface area contributed by atoms with Gasteiger partial charge in [0.1, 0.15) is 0 Å². The molecule has 1 rings (SSSR count). The summed E-state index contributed by atoms with van der Waals surface area (Å²) in [6.07, 6.45) is 2.46. The Morgan fingerprint density at radius 2 is 2.20 bits per heavy atom. The fourth-order valence-electron chi connectivity index (χ4n) is 2.41. The average Bonchev–Trinajstić information content (AvgIpc) is 2.38. The maximum absolute atomic E-state index is 7.11. The zero-order valence-electron chi connectivity index (χ0n) is 10.1. The van der Waals surface area contributed by atoms with Crippen LogP contribution in [-0.2, 0) is 0 Å². The molecule has 1 heterocycles. The molecule has 0 aromatic heterocycles. The summed E-state index contributed by atoms with van der Waals surface area (Å²) in [6, 6.07) is 0.616. The van der Waals surface area contributed by atoms with Gasteiger partial charge in [-0.05, 0) is 31.3 Å². The van der Waals surface area contributed by atoms with Crippen LogP contribution in [0.2, 0.25) is 0 Å². The first-order valence-electron chi connectivity index (χ1n) is 5.45. The fourth-order valence-corrected chi connectivity index (χ4v) is 2.47. The van der Waals surface area contributed by atoms with Crippen molar-refractivity contribution in [3.63, 3.8) is 0 Å². The molecule has 0 saturated carbocycles. The molecule has 0 spiro atoms. The topological polar surface area (TPSA) is 27.1 Å². The van der Waals surface area contributed by atoms with Crippen LogP contribution in [0.1, 0.15) is 34.1 Å². The summed E-state index contributed by atoms with van der Waals surface area (Å²) in [6.45, 7) is 10.9. The maximum Gasteiger partial charge on any atom is 0.0583 e. The van der Waals surface area contributed by atoms with Crippen molar-refractivity contribution in [2.75, 3.05) is 13.1 Å². The van der Waals surface area contributed by atoms with Crippen LogP contribution >= 0.6 is 11.6 Å². The zero-order chi connectivity index (χ0) is 11.6.